The Morgan fingerprint density at radius 2 is 1.95 bits per heavy atom. The molecule has 3 N–H and O–H groups in total. The van der Waals surface area contributed by atoms with Crippen LogP contribution in [-0.2, 0) is 20.1 Å². The SMILES string of the molecule is Cn1ccnc1CNCc1ccc(C(N)=O)c2ccccc12. The van der Waals surface area contributed by atoms with E-state index in [1.165, 1.54) is 0 Å². The summed E-state index contributed by atoms with van der Waals surface area (Å²) in [6.07, 6.45) is 3.71. The van der Waals surface area contributed by atoms with Crippen LogP contribution in [0, 0.1) is 0 Å². The Bertz CT molecular complexity index is 822. The number of benzene rings is 2. The van der Waals surface area contributed by atoms with Crippen molar-refractivity contribution in [3.8, 4) is 0 Å². The van der Waals surface area contributed by atoms with Crippen LogP contribution in [0.3, 0.4) is 0 Å². The van der Waals surface area contributed by atoms with Crippen LogP contribution >= 0.6 is 0 Å². The lowest BCUT2D eigenvalue weighted by Gasteiger charge is -2.10. The predicted molar refractivity (Wildman–Crippen MR) is 86.2 cm³/mol. The Morgan fingerprint density at radius 1 is 1.18 bits per heavy atom. The van der Waals surface area contributed by atoms with Gasteiger partial charge in [0, 0.05) is 31.5 Å². The number of rotatable bonds is 5. The van der Waals surface area contributed by atoms with Gasteiger partial charge in [0.15, 0.2) is 0 Å². The first kappa shape index (κ1) is 14.3. The quantitative estimate of drug-likeness (QED) is 0.755. The van der Waals surface area contributed by atoms with Gasteiger partial charge in [-0.25, -0.2) is 4.98 Å². The Labute approximate surface area is 128 Å². The molecule has 1 heterocycles. The van der Waals surface area contributed by atoms with Crippen molar-refractivity contribution < 1.29 is 4.79 Å². The van der Waals surface area contributed by atoms with Crippen molar-refractivity contribution in [2.45, 2.75) is 13.1 Å². The van der Waals surface area contributed by atoms with Gasteiger partial charge in [-0.15, -0.1) is 0 Å². The molecule has 22 heavy (non-hydrogen) atoms. The number of hydrogen-bond acceptors (Lipinski definition) is 3. The van der Waals surface area contributed by atoms with Gasteiger partial charge in [-0.2, -0.15) is 0 Å². The fourth-order valence-corrected chi connectivity index (χ4v) is 2.61. The van der Waals surface area contributed by atoms with Gasteiger partial charge in [0.1, 0.15) is 5.82 Å². The molecule has 0 radical (unpaired) electrons. The van der Waals surface area contributed by atoms with Crippen LogP contribution in [0.15, 0.2) is 48.8 Å². The molecule has 0 unspecified atom stereocenters. The zero-order valence-electron chi connectivity index (χ0n) is 12.4. The van der Waals surface area contributed by atoms with Crippen LogP contribution in [0.25, 0.3) is 10.8 Å². The summed E-state index contributed by atoms with van der Waals surface area (Å²) in [6, 6.07) is 11.6. The number of nitrogens with two attached hydrogens (primary N) is 1. The van der Waals surface area contributed by atoms with Crippen LogP contribution in [-0.4, -0.2) is 15.5 Å². The standard InChI is InChI=1S/C17H18N4O/c1-21-9-8-20-16(21)11-19-10-12-6-7-15(17(18)22)14-5-3-2-4-13(12)14/h2-9,19H,10-11H2,1H3,(H2,18,22). The number of carbonyl (C=O) groups excluding carboxylic acids is 1. The van der Waals surface area contributed by atoms with Crippen molar-refractivity contribution in [1.29, 1.82) is 0 Å². The van der Waals surface area contributed by atoms with Crippen molar-refractivity contribution >= 4 is 16.7 Å². The van der Waals surface area contributed by atoms with E-state index in [0.29, 0.717) is 18.7 Å². The van der Waals surface area contributed by atoms with Crippen LogP contribution in [0.2, 0.25) is 0 Å². The average Bonchev–Trinajstić information content (AvgIpc) is 2.92. The minimum Gasteiger partial charge on any atom is -0.366 e. The smallest absolute Gasteiger partial charge is 0.249 e. The molecule has 2 aromatic carbocycles. The van der Waals surface area contributed by atoms with E-state index in [4.69, 9.17) is 5.73 Å². The molecule has 3 aromatic rings. The van der Waals surface area contributed by atoms with Gasteiger partial charge >= 0.3 is 0 Å². The van der Waals surface area contributed by atoms with Gasteiger partial charge in [-0.1, -0.05) is 30.3 Å². The van der Waals surface area contributed by atoms with E-state index in [1.807, 2.05) is 48.1 Å². The third-order valence-electron chi connectivity index (χ3n) is 3.80. The van der Waals surface area contributed by atoms with Crippen molar-refractivity contribution in [3.63, 3.8) is 0 Å². The molecular weight excluding hydrogens is 276 g/mol. The van der Waals surface area contributed by atoms with Crippen molar-refractivity contribution in [2.75, 3.05) is 0 Å². The van der Waals surface area contributed by atoms with Crippen LogP contribution in [0.5, 0.6) is 0 Å². The Balaban J connectivity index is 1.84. The Kier molecular flexibility index (Phi) is 3.89. The Hall–Kier alpha value is -2.66. The Morgan fingerprint density at radius 3 is 2.64 bits per heavy atom. The van der Waals surface area contributed by atoms with E-state index in [1.54, 1.807) is 12.3 Å². The van der Waals surface area contributed by atoms with Gasteiger partial charge in [0.2, 0.25) is 5.91 Å². The number of carbonyl (C=O) groups is 1. The molecule has 0 atom stereocenters. The maximum Gasteiger partial charge on any atom is 0.249 e. The summed E-state index contributed by atoms with van der Waals surface area (Å²) in [5.41, 5.74) is 7.14. The van der Waals surface area contributed by atoms with Gasteiger partial charge in [-0.05, 0) is 22.4 Å². The fraction of sp³-hybridized carbons (Fsp3) is 0.176. The summed E-state index contributed by atoms with van der Waals surface area (Å²) in [5.74, 6) is 0.585. The lowest BCUT2D eigenvalue weighted by Crippen LogP contribution is -2.16. The molecule has 0 spiro atoms. The number of amides is 1. The third-order valence-corrected chi connectivity index (χ3v) is 3.80. The number of nitrogens with zero attached hydrogens (tertiary/aromatic N) is 2. The first-order valence-electron chi connectivity index (χ1n) is 7.14. The number of primary amides is 1. The summed E-state index contributed by atoms with van der Waals surface area (Å²) >= 11 is 0. The first-order chi connectivity index (χ1) is 10.7. The molecule has 112 valence electrons. The lowest BCUT2D eigenvalue weighted by atomic mass is 9.99. The average molecular weight is 294 g/mol. The normalized spacial score (nSPS) is 11.0. The molecular formula is C17H18N4O. The monoisotopic (exact) mass is 294 g/mol. The maximum atomic E-state index is 11.5. The number of aryl methyl sites for hydroxylation is 1. The zero-order chi connectivity index (χ0) is 15.5. The molecule has 5 heteroatoms. The van der Waals surface area contributed by atoms with Crippen LogP contribution in [0.1, 0.15) is 21.7 Å². The van der Waals surface area contributed by atoms with Crippen molar-refractivity contribution in [2.24, 2.45) is 12.8 Å². The van der Waals surface area contributed by atoms with Gasteiger partial charge in [0.05, 0.1) is 6.54 Å². The molecule has 3 rings (SSSR count). The summed E-state index contributed by atoms with van der Waals surface area (Å²) in [4.78, 5) is 15.8. The van der Waals surface area contributed by atoms with E-state index >= 15 is 0 Å². The molecule has 0 saturated heterocycles. The van der Waals surface area contributed by atoms with Crippen LogP contribution in [0.4, 0.5) is 0 Å². The first-order valence-corrected chi connectivity index (χ1v) is 7.14. The predicted octanol–water partition coefficient (Wildman–Crippen LogP) is 1.96. The molecule has 1 amide bonds. The van der Waals surface area contributed by atoms with E-state index in [9.17, 15) is 4.79 Å². The molecule has 0 aliphatic heterocycles. The lowest BCUT2D eigenvalue weighted by molar-refractivity contribution is 0.100. The number of fused-ring (bicyclic) bond motifs is 1. The van der Waals surface area contributed by atoms with Crippen molar-refractivity contribution in [3.05, 3.63) is 65.7 Å². The summed E-state index contributed by atoms with van der Waals surface area (Å²) in [7, 11) is 1.97. The summed E-state index contributed by atoms with van der Waals surface area (Å²) in [5, 5.41) is 5.33. The second kappa shape index (κ2) is 5.99. The highest BCUT2D eigenvalue weighted by molar-refractivity contribution is 6.07. The molecule has 0 saturated carbocycles. The van der Waals surface area contributed by atoms with E-state index in [0.717, 1.165) is 22.2 Å². The van der Waals surface area contributed by atoms with Crippen molar-refractivity contribution in [1.82, 2.24) is 14.9 Å². The van der Waals surface area contributed by atoms with E-state index in [-0.39, 0.29) is 0 Å². The molecule has 0 fully saturated rings. The third kappa shape index (κ3) is 2.71. The van der Waals surface area contributed by atoms with E-state index < -0.39 is 5.91 Å². The zero-order valence-corrected chi connectivity index (χ0v) is 12.4. The van der Waals surface area contributed by atoms with Gasteiger partial charge in [-0.3, -0.25) is 4.79 Å². The molecule has 0 aliphatic rings. The summed E-state index contributed by atoms with van der Waals surface area (Å²) < 4.78 is 1.99. The molecule has 5 nitrogen and oxygen atoms in total. The topological polar surface area (TPSA) is 72.9 Å². The number of hydrogen-bond donors (Lipinski definition) is 2. The minimum absolute atomic E-state index is 0.399. The highest BCUT2D eigenvalue weighted by Gasteiger charge is 2.09. The minimum atomic E-state index is -0.399. The molecule has 0 aliphatic carbocycles. The molecule has 0 bridgehead atoms. The highest BCUT2D eigenvalue weighted by Crippen LogP contribution is 2.22. The highest BCUT2D eigenvalue weighted by atomic mass is 16.1. The fourth-order valence-electron chi connectivity index (χ4n) is 2.61. The number of aromatic nitrogens is 2. The maximum absolute atomic E-state index is 11.5. The summed E-state index contributed by atoms with van der Waals surface area (Å²) in [6.45, 7) is 1.39. The van der Waals surface area contributed by atoms with Gasteiger partial charge < -0.3 is 15.6 Å². The molecule has 1 aromatic heterocycles. The van der Waals surface area contributed by atoms with Crippen LogP contribution < -0.4 is 11.1 Å². The van der Waals surface area contributed by atoms with Gasteiger partial charge in [0.25, 0.3) is 0 Å². The second-order valence-electron chi connectivity index (χ2n) is 5.24. The number of nitrogens with one attached hydrogen (secondary N) is 1. The number of imidazole rings is 1. The largest absolute Gasteiger partial charge is 0.366 e. The van der Waals surface area contributed by atoms with E-state index in [2.05, 4.69) is 10.3 Å². The second-order valence-corrected chi connectivity index (χ2v) is 5.24.